The van der Waals surface area contributed by atoms with Crippen LogP contribution in [0.1, 0.15) is 32.1 Å². The number of nitrogens with two attached hydrogens (primary N) is 1. The number of hydrogen-bond donors (Lipinski definition) is 2. The summed E-state index contributed by atoms with van der Waals surface area (Å²) in [6.45, 7) is 6.62. The molecule has 0 saturated heterocycles. The highest BCUT2D eigenvalue weighted by Crippen LogP contribution is 2.26. The van der Waals surface area contributed by atoms with E-state index in [-0.39, 0.29) is 17.9 Å². The lowest BCUT2D eigenvalue weighted by atomic mass is 10.0. The molecule has 20 heavy (non-hydrogen) atoms. The molecule has 0 aliphatic rings. The van der Waals surface area contributed by atoms with Gasteiger partial charge in [-0.3, -0.25) is 4.79 Å². The molecular formula is C16H22N2O2. The molecule has 1 atom stereocenters. The van der Waals surface area contributed by atoms with Crippen molar-refractivity contribution >= 4 is 16.9 Å². The van der Waals surface area contributed by atoms with Crippen LogP contribution >= 0.6 is 0 Å². The zero-order valence-electron chi connectivity index (χ0n) is 12.3. The monoisotopic (exact) mass is 274 g/mol. The molecule has 0 aliphatic carbocycles. The summed E-state index contributed by atoms with van der Waals surface area (Å²) in [4.78, 5) is 11.5. The lowest BCUT2D eigenvalue weighted by Crippen LogP contribution is -2.44. The molecule has 0 bridgehead atoms. The van der Waals surface area contributed by atoms with Crippen LogP contribution in [0, 0.1) is 5.92 Å². The van der Waals surface area contributed by atoms with Crippen LogP contribution in [0.15, 0.2) is 28.7 Å². The van der Waals surface area contributed by atoms with E-state index in [1.807, 2.05) is 38.1 Å². The van der Waals surface area contributed by atoms with Crippen LogP contribution in [0.5, 0.6) is 0 Å². The van der Waals surface area contributed by atoms with Crippen molar-refractivity contribution in [3.8, 4) is 0 Å². The summed E-state index contributed by atoms with van der Waals surface area (Å²) >= 11 is 0. The molecule has 108 valence electrons. The van der Waals surface area contributed by atoms with Gasteiger partial charge in [0.2, 0.25) is 5.91 Å². The number of carbonyl (C=O) groups is 1. The van der Waals surface area contributed by atoms with Gasteiger partial charge in [-0.05, 0) is 12.0 Å². The first-order chi connectivity index (χ1) is 9.54. The molecule has 2 aromatic rings. The third-order valence-electron chi connectivity index (χ3n) is 3.57. The number of nitrogens with one attached hydrogen (secondary N) is 1. The van der Waals surface area contributed by atoms with Gasteiger partial charge in [0.15, 0.2) is 0 Å². The maximum Gasteiger partial charge on any atom is 0.234 e. The maximum atomic E-state index is 11.5. The molecule has 0 saturated carbocycles. The SMILES string of the molecule is CCc1oc2ccccc2c1CNC(C(N)=O)C(C)C. The maximum absolute atomic E-state index is 11.5. The third kappa shape index (κ3) is 2.85. The molecule has 4 heteroatoms. The first-order valence-electron chi connectivity index (χ1n) is 7.06. The predicted octanol–water partition coefficient (Wildman–Crippen LogP) is 2.59. The lowest BCUT2D eigenvalue weighted by Gasteiger charge is -2.19. The van der Waals surface area contributed by atoms with Crippen molar-refractivity contribution in [2.24, 2.45) is 11.7 Å². The van der Waals surface area contributed by atoms with E-state index in [1.54, 1.807) is 0 Å². The summed E-state index contributed by atoms with van der Waals surface area (Å²) in [6, 6.07) is 7.64. The standard InChI is InChI=1S/C16H22N2O2/c1-4-13-12(9-18-15(10(2)3)16(17)19)11-7-5-6-8-14(11)20-13/h5-8,10,15,18H,4,9H2,1-3H3,(H2,17,19). The molecule has 2 rings (SSSR count). The van der Waals surface area contributed by atoms with Gasteiger partial charge in [-0.15, -0.1) is 0 Å². The van der Waals surface area contributed by atoms with Gasteiger partial charge in [0, 0.05) is 23.9 Å². The van der Waals surface area contributed by atoms with Crippen LogP contribution in [-0.4, -0.2) is 11.9 Å². The highest BCUT2D eigenvalue weighted by molar-refractivity contribution is 5.83. The van der Waals surface area contributed by atoms with Crippen LogP contribution in [0.25, 0.3) is 11.0 Å². The number of benzene rings is 1. The fourth-order valence-electron chi connectivity index (χ4n) is 2.51. The van der Waals surface area contributed by atoms with E-state index in [0.717, 1.165) is 28.7 Å². The second kappa shape index (κ2) is 6.09. The van der Waals surface area contributed by atoms with E-state index in [2.05, 4.69) is 12.2 Å². The Labute approximate surface area is 119 Å². The minimum atomic E-state index is -0.326. The highest BCUT2D eigenvalue weighted by Gasteiger charge is 2.20. The van der Waals surface area contributed by atoms with Gasteiger partial charge in [0.05, 0.1) is 6.04 Å². The summed E-state index contributed by atoms with van der Waals surface area (Å²) in [7, 11) is 0. The van der Waals surface area contributed by atoms with Gasteiger partial charge < -0.3 is 15.5 Å². The van der Waals surface area contributed by atoms with Crippen molar-refractivity contribution < 1.29 is 9.21 Å². The number of rotatable bonds is 6. The number of aryl methyl sites for hydroxylation is 1. The Kier molecular flexibility index (Phi) is 4.45. The minimum Gasteiger partial charge on any atom is -0.461 e. The Morgan fingerprint density at radius 1 is 1.35 bits per heavy atom. The number of amides is 1. The zero-order chi connectivity index (χ0) is 14.7. The lowest BCUT2D eigenvalue weighted by molar-refractivity contribution is -0.121. The molecule has 0 spiro atoms. The van der Waals surface area contributed by atoms with Gasteiger partial charge in [-0.25, -0.2) is 0 Å². The van der Waals surface area contributed by atoms with Crippen molar-refractivity contribution in [1.29, 1.82) is 0 Å². The number of primary amides is 1. The van der Waals surface area contributed by atoms with Gasteiger partial charge in [0.25, 0.3) is 0 Å². The largest absolute Gasteiger partial charge is 0.461 e. The molecule has 1 heterocycles. The third-order valence-corrected chi connectivity index (χ3v) is 3.57. The van der Waals surface area contributed by atoms with Crippen molar-refractivity contribution in [2.75, 3.05) is 0 Å². The van der Waals surface area contributed by atoms with E-state index >= 15 is 0 Å². The summed E-state index contributed by atoms with van der Waals surface area (Å²) in [5, 5.41) is 4.35. The number of fused-ring (bicyclic) bond motifs is 1. The average molecular weight is 274 g/mol. The van der Waals surface area contributed by atoms with E-state index in [1.165, 1.54) is 0 Å². The normalized spacial score (nSPS) is 13.0. The van der Waals surface area contributed by atoms with Crippen molar-refractivity contribution in [3.63, 3.8) is 0 Å². The molecule has 0 radical (unpaired) electrons. The van der Waals surface area contributed by atoms with Gasteiger partial charge in [-0.1, -0.05) is 39.0 Å². The van der Waals surface area contributed by atoms with E-state index in [9.17, 15) is 4.79 Å². The van der Waals surface area contributed by atoms with Crippen molar-refractivity contribution in [3.05, 3.63) is 35.6 Å². The molecule has 0 fully saturated rings. The van der Waals surface area contributed by atoms with Crippen LogP contribution in [0.2, 0.25) is 0 Å². The Bertz CT molecular complexity index is 602. The van der Waals surface area contributed by atoms with Gasteiger partial charge in [-0.2, -0.15) is 0 Å². The highest BCUT2D eigenvalue weighted by atomic mass is 16.3. The second-order valence-electron chi connectivity index (χ2n) is 5.36. The quantitative estimate of drug-likeness (QED) is 0.850. The number of para-hydroxylation sites is 1. The average Bonchev–Trinajstić information content (AvgIpc) is 2.76. The van der Waals surface area contributed by atoms with Gasteiger partial charge in [0.1, 0.15) is 11.3 Å². The molecule has 4 nitrogen and oxygen atoms in total. The van der Waals surface area contributed by atoms with Crippen molar-refractivity contribution in [1.82, 2.24) is 5.32 Å². The summed E-state index contributed by atoms with van der Waals surface area (Å²) in [5.41, 5.74) is 7.45. The van der Waals surface area contributed by atoms with E-state index in [4.69, 9.17) is 10.2 Å². The van der Waals surface area contributed by atoms with Crippen LogP contribution < -0.4 is 11.1 Å². The van der Waals surface area contributed by atoms with Crippen LogP contribution in [-0.2, 0) is 17.8 Å². The smallest absolute Gasteiger partial charge is 0.234 e. The summed E-state index contributed by atoms with van der Waals surface area (Å²) < 4.78 is 5.85. The zero-order valence-corrected chi connectivity index (χ0v) is 12.3. The fourth-order valence-corrected chi connectivity index (χ4v) is 2.51. The molecule has 1 unspecified atom stereocenters. The summed E-state index contributed by atoms with van der Waals surface area (Å²) in [6.07, 6.45) is 0.828. The Balaban J connectivity index is 2.26. The fraction of sp³-hybridized carbons (Fsp3) is 0.438. The Hall–Kier alpha value is -1.81. The first-order valence-corrected chi connectivity index (χ1v) is 7.06. The van der Waals surface area contributed by atoms with E-state index < -0.39 is 0 Å². The molecular weight excluding hydrogens is 252 g/mol. The number of hydrogen-bond acceptors (Lipinski definition) is 3. The number of carbonyl (C=O) groups excluding carboxylic acids is 1. The minimum absolute atomic E-state index is 0.163. The summed E-state index contributed by atoms with van der Waals surface area (Å²) in [5.74, 6) is 0.812. The van der Waals surface area contributed by atoms with Crippen LogP contribution in [0.3, 0.4) is 0 Å². The first kappa shape index (κ1) is 14.6. The molecule has 1 aromatic heterocycles. The number of furan rings is 1. The molecule has 1 aromatic carbocycles. The van der Waals surface area contributed by atoms with Crippen LogP contribution in [0.4, 0.5) is 0 Å². The topological polar surface area (TPSA) is 68.3 Å². The van der Waals surface area contributed by atoms with Crippen molar-refractivity contribution in [2.45, 2.75) is 39.8 Å². The van der Waals surface area contributed by atoms with E-state index in [0.29, 0.717) is 6.54 Å². The molecule has 3 N–H and O–H groups in total. The van der Waals surface area contributed by atoms with Gasteiger partial charge >= 0.3 is 0 Å². The predicted molar refractivity (Wildman–Crippen MR) is 80.3 cm³/mol. The Morgan fingerprint density at radius 2 is 2.05 bits per heavy atom. The molecule has 0 aliphatic heterocycles. The second-order valence-corrected chi connectivity index (χ2v) is 5.36. The molecule has 1 amide bonds. The Morgan fingerprint density at radius 3 is 2.65 bits per heavy atom.